The Hall–Kier alpha value is -3.90. The van der Waals surface area contributed by atoms with Crippen molar-refractivity contribution in [2.45, 2.75) is 6.61 Å². The first-order valence-corrected chi connectivity index (χ1v) is 10.2. The molecule has 0 fully saturated rings. The van der Waals surface area contributed by atoms with Crippen LogP contribution in [0.2, 0.25) is 5.02 Å². The van der Waals surface area contributed by atoms with Crippen molar-refractivity contribution in [2.75, 3.05) is 7.11 Å². The Labute approximate surface area is 189 Å². The number of carbonyl (C=O) groups is 1. The third kappa shape index (κ3) is 4.71. The first-order chi connectivity index (χ1) is 15.5. The highest BCUT2D eigenvalue weighted by molar-refractivity contribution is 6.31. The van der Waals surface area contributed by atoms with E-state index in [0.717, 1.165) is 5.56 Å². The van der Waals surface area contributed by atoms with Crippen molar-refractivity contribution < 1.29 is 14.3 Å². The monoisotopic (exact) mass is 446 g/mol. The number of fused-ring (bicyclic) bond motifs is 1. The van der Waals surface area contributed by atoms with Crippen LogP contribution in [-0.4, -0.2) is 23.0 Å². The van der Waals surface area contributed by atoms with Gasteiger partial charge >= 0.3 is 5.97 Å². The number of halogens is 1. The predicted octanol–water partition coefficient (Wildman–Crippen LogP) is 4.87. The van der Waals surface area contributed by atoms with Gasteiger partial charge in [-0.2, -0.15) is 0 Å². The summed E-state index contributed by atoms with van der Waals surface area (Å²) in [6.07, 6.45) is 1.72. The lowest BCUT2D eigenvalue weighted by atomic mass is 10.0. The molecule has 1 aromatic heterocycles. The Morgan fingerprint density at radius 2 is 1.81 bits per heavy atom. The van der Waals surface area contributed by atoms with Crippen LogP contribution in [0.5, 0.6) is 5.75 Å². The van der Waals surface area contributed by atoms with Crippen LogP contribution in [0.25, 0.3) is 22.6 Å². The maximum Gasteiger partial charge on any atom is 0.339 e. The highest BCUT2D eigenvalue weighted by atomic mass is 35.5. The number of hydrogen-bond donors (Lipinski definition) is 1. The molecule has 32 heavy (non-hydrogen) atoms. The molecule has 0 unspecified atom stereocenters. The number of rotatable bonds is 6. The molecule has 0 aliphatic carbocycles. The summed E-state index contributed by atoms with van der Waals surface area (Å²) >= 11 is 6.01. The zero-order valence-electron chi connectivity index (χ0n) is 17.2. The second-order valence-electron chi connectivity index (χ2n) is 6.92. The third-order valence-electron chi connectivity index (χ3n) is 4.80. The molecule has 7 heteroatoms. The maximum atomic E-state index is 13.1. The summed E-state index contributed by atoms with van der Waals surface area (Å²) in [6, 6.07) is 21.4. The second-order valence-corrected chi connectivity index (χ2v) is 7.35. The number of aromatic amines is 1. The van der Waals surface area contributed by atoms with Gasteiger partial charge in [0, 0.05) is 10.6 Å². The minimum absolute atomic E-state index is 0.202. The normalized spacial score (nSPS) is 11.4. The van der Waals surface area contributed by atoms with Gasteiger partial charge in [-0.05, 0) is 35.9 Å². The maximum absolute atomic E-state index is 13.1. The van der Waals surface area contributed by atoms with Crippen molar-refractivity contribution in [1.29, 1.82) is 0 Å². The standard InChI is InChI=1S/C25H19ClN2O4/c1-31-22-10-6-5-9-17(22)13-20(16-7-3-2-4-8-16)25(30)32-15-23-27-21-14-18(26)11-12-19(21)24(29)28-23/h2-14H,15H2,1H3,(H,27,28,29)/b20-13+. The van der Waals surface area contributed by atoms with E-state index in [4.69, 9.17) is 21.1 Å². The molecule has 0 amide bonds. The number of benzene rings is 3. The molecule has 3 aromatic carbocycles. The van der Waals surface area contributed by atoms with E-state index in [1.807, 2.05) is 54.6 Å². The average molecular weight is 447 g/mol. The van der Waals surface area contributed by atoms with Gasteiger partial charge in [-0.1, -0.05) is 60.1 Å². The quantitative estimate of drug-likeness (QED) is 0.259. The fourth-order valence-corrected chi connectivity index (χ4v) is 3.43. The van der Waals surface area contributed by atoms with E-state index >= 15 is 0 Å². The van der Waals surface area contributed by atoms with Gasteiger partial charge in [0.1, 0.15) is 18.2 Å². The molecule has 0 saturated heterocycles. The number of methoxy groups -OCH3 is 1. The van der Waals surface area contributed by atoms with Gasteiger partial charge in [0.15, 0.2) is 0 Å². The molecule has 160 valence electrons. The van der Waals surface area contributed by atoms with Gasteiger partial charge in [0.25, 0.3) is 5.56 Å². The molecular formula is C25H19ClN2O4. The molecule has 6 nitrogen and oxygen atoms in total. The Morgan fingerprint density at radius 3 is 2.59 bits per heavy atom. The van der Waals surface area contributed by atoms with Gasteiger partial charge in [0.05, 0.1) is 23.6 Å². The molecular weight excluding hydrogens is 428 g/mol. The predicted molar refractivity (Wildman–Crippen MR) is 124 cm³/mol. The van der Waals surface area contributed by atoms with Crippen molar-refractivity contribution in [1.82, 2.24) is 9.97 Å². The van der Waals surface area contributed by atoms with Crippen LogP contribution in [-0.2, 0) is 16.1 Å². The van der Waals surface area contributed by atoms with Crippen LogP contribution >= 0.6 is 11.6 Å². The summed E-state index contributed by atoms with van der Waals surface area (Å²) in [5.41, 5.74) is 1.87. The molecule has 0 saturated carbocycles. The lowest BCUT2D eigenvalue weighted by molar-refractivity contribution is -0.138. The van der Waals surface area contributed by atoms with Crippen LogP contribution in [0.4, 0.5) is 0 Å². The van der Waals surface area contributed by atoms with E-state index in [9.17, 15) is 9.59 Å². The lowest BCUT2D eigenvalue weighted by Crippen LogP contribution is -2.15. The van der Waals surface area contributed by atoms with Gasteiger partial charge in [-0.15, -0.1) is 0 Å². The summed E-state index contributed by atoms with van der Waals surface area (Å²) in [4.78, 5) is 32.4. The molecule has 0 aliphatic heterocycles. The fraction of sp³-hybridized carbons (Fsp3) is 0.0800. The third-order valence-corrected chi connectivity index (χ3v) is 5.04. The van der Waals surface area contributed by atoms with E-state index in [1.54, 1.807) is 31.4 Å². The van der Waals surface area contributed by atoms with E-state index in [0.29, 0.717) is 32.8 Å². The SMILES string of the molecule is COc1ccccc1/C=C(/C(=O)OCc1nc2cc(Cl)ccc2c(=O)[nH]1)c1ccccc1. The van der Waals surface area contributed by atoms with Crippen LogP contribution in [0.15, 0.2) is 77.6 Å². The number of esters is 1. The molecule has 0 bridgehead atoms. The van der Waals surface area contributed by atoms with E-state index < -0.39 is 5.97 Å². The lowest BCUT2D eigenvalue weighted by Gasteiger charge is -2.11. The van der Waals surface area contributed by atoms with Crippen molar-refractivity contribution in [3.8, 4) is 5.75 Å². The van der Waals surface area contributed by atoms with Gasteiger partial charge in [-0.25, -0.2) is 9.78 Å². The van der Waals surface area contributed by atoms with E-state index in [2.05, 4.69) is 9.97 Å². The number of para-hydroxylation sites is 1. The Balaban J connectivity index is 1.64. The average Bonchev–Trinajstić information content (AvgIpc) is 2.81. The van der Waals surface area contributed by atoms with Crippen molar-refractivity contribution in [3.05, 3.63) is 105 Å². The Kier molecular flexibility index (Phi) is 6.33. The highest BCUT2D eigenvalue weighted by Crippen LogP contribution is 2.26. The summed E-state index contributed by atoms with van der Waals surface area (Å²) in [6.45, 7) is -0.202. The molecule has 4 aromatic rings. The summed E-state index contributed by atoms with van der Waals surface area (Å²) < 4.78 is 10.9. The first kappa shape index (κ1) is 21.3. The molecule has 1 heterocycles. The molecule has 1 N–H and O–H groups in total. The highest BCUT2D eigenvalue weighted by Gasteiger charge is 2.16. The number of nitrogens with one attached hydrogen (secondary N) is 1. The zero-order chi connectivity index (χ0) is 22.5. The first-order valence-electron chi connectivity index (χ1n) is 9.81. The second kappa shape index (κ2) is 9.49. The Morgan fingerprint density at radius 1 is 1.06 bits per heavy atom. The number of aromatic nitrogens is 2. The van der Waals surface area contributed by atoms with E-state index in [-0.39, 0.29) is 18.0 Å². The smallest absolute Gasteiger partial charge is 0.339 e. The summed E-state index contributed by atoms with van der Waals surface area (Å²) in [5, 5.41) is 0.871. The number of carbonyl (C=O) groups excluding carboxylic acids is 1. The molecule has 0 aliphatic rings. The minimum atomic E-state index is -0.559. The number of H-pyrrole nitrogens is 1. The summed E-state index contributed by atoms with van der Waals surface area (Å²) in [5.74, 6) is 0.296. The van der Waals surface area contributed by atoms with Crippen LogP contribution in [0.3, 0.4) is 0 Å². The topological polar surface area (TPSA) is 81.3 Å². The van der Waals surface area contributed by atoms with E-state index in [1.165, 1.54) is 0 Å². The van der Waals surface area contributed by atoms with Gasteiger partial charge in [0.2, 0.25) is 0 Å². The molecule has 4 rings (SSSR count). The van der Waals surface area contributed by atoms with Crippen molar-refractivity contribution in [3.63, 3.8) is 0 Å². The van der Waals surface area contributed by atoms with Crippen molar-refractivity contribution in [2.24, 2.45) is 0 Å². The number of hydrogen-bond acceptors (Lipinski definition) is 5. The van der Waals surface area contributed by atoms with Crippen LogP contribution in [0.1, 0.15) is 17.0 Å². The molecule has 0 radical (unpaired) electrons. The molecule has 0 atom stereocenters. The Bertz CT molecular complexity index is 1360. The van der Waals surface area contributed by atoms with Crippen LogP contribution < -0.4 is 10.3 Å². The molecule has 0 spiro atoms. The van der Waals surface area contributed by atoms with Gasteiger partial charge in [-0.3, -0.25) is 4.79 Å². The van der Waals surface area contributed by atoms with Gasteiger partial charge < -0.3 is 14.5 Å². The summed E-state index contributed by atoms with van der Waals surface area (Å²) in [7, 11) is 1.57. The van der Waals surface area contributed by atoms with Crippen molar-refractivity contribution >= 4 is 40.1 Å². The number of nitrogens with zero attached hydrogens (tertiary/aromatic N) is 1. The van der Waals surface area contributed by atoms with Crippen LogP contribution in [0, 0.1) is 0 Å². The minimum Gasteiger partial charge on any atom is -0.496 e. The number of ether oxygens (including phenoxy) is 2. The zero-order valence-corrected chi connectivity index (χ0v) is 17.9. The largest absolute Gasteiger partial charge is 0.496 e. The fourth-order valence-electron chi connectivity index (χ4n) is 3.26.